The van der Waals surface area contributed by atoms with Crippen LogP contribution in [0.15, 0.2) is 30.7 Å². The Balaban J connectivity index is 1.94. The Morgan fingerprint density at radius 1 is 1.41 bits per heavy atom. The second-order valence-corrected chi connectivity index (χ2v) is 4.60. The standard InChI is InChI=1S/C15H14N6O/c1-22-13-7-10(18-6-2-5-16)3-4-11(13)14-20-12-8-17-9-19-15(12)21-14/h3-4,7-9,18H,2,6H2,1H3,(H,17,19,20,21). The summed E-state index contributed by atoms with van der Waals surface area (Å²) in [7, 11) is 1.61. The summed E-state index contributed by atoms with van der Waals surface area (Å²) in [4.78, 5) is 15.7. The molecule has 0 fully saturated rings. The Morgan fingerprint density at radius 2 is 2.32 bits per heavy atom. The number of anilines is 1. The van der Waals surface area contributed by atoms with Crippen LogP contribution < -0.4 is 10.1 Å². The van der Waals surface area contributed by atoms with E-state index in [0.29, 0.717) is 30.2 Å². The number of aromatic amines is 1. The summed E-state index contributed by atoms with van der Waals surface area (Å²) in [6.07, 6.45) is 3.60. The third-order valence-electron chi connectivity index (χ3n) is 3.18. The number of nitrogens with zero attached hydrogens (tertiary/aromatic N) is 4. The molecule has 0 atom stereocenters. The zero-order chi connectivity index (χ0) is 15.4. The molecule has 0 aliphatic heterocycles. The third-order valence-corrected chi connectivity index (χ3v) is 3.18. The van der Waals surface area contributed by atoms with E-state index < -0.39 is 0 Å². The molecule has 0 saturated carbocycles. The van der Waals surface area contributed by atoms with Gasteiger partial charge in [0.05, 0.1) is 31.4 Å². The quantitative estimate of drug-likeness (QED) is 0.701. The highest BCUT2D eigenvalue weighted by Gasteiger charge is 2.12. The zero-order valence-electron chi connectivity index (χ0n) is 12.0. The van der Waals surface area contributed by atoms with E-state index in [-0.39, 0.29) is 0 Å². The topological polar surface area (TPSA) is 99.5 Å². The predicted octanol–water partition coefficient (Wildman–Crippen LogP) is 2.35. The molecule has 0 amide bonds. The molecule has 3 rings (SSSR count). The minimum absolute atomic E-state index is 0.451. The molecule has 0 bridgehead atoms. The number of benzene rings is 1. The number of H-pyrrole nitrogens is 1. The van der Waals surface area contributed by atoms with Gasteiger partial charge < -0.3 is 15.0 Å². The lowest BCUT2D eigenvalue weighted by atomic mass is 10.1. The van der Waals surface area contributed by atoms with Gasteiger partial charge in [0, 0.05) is 18.3 Å². The second-order valence-electron chi connectivity index (χ2n) is 4.60. The highest BCUT2D eigenvalue weighted by atomic mass is 16.5. The van der Waals surface area contributed by atoms with Gasteiger partial charge in [0.1, 0.15) is 23.4 Å². The molecule has 0 aliphatic rings. The van der Waals surface area contributed by atoms with Crippen LogP contribution in [0, 0.1) is 11.3 Å². The van der Waals surface area contributed by atoms with Crippen LogP contribution in [0.1, 0.15) is 6.42 Å². The molecule has 0 saturated heterocycles. The number of nitrogens with one attached hydrogen (secondary N) is 2. The van der Waals surface area contributed by atoms with E-state index in [4.69, 9.17) is 10.00 Å². The average Bonchev–Trinajstić information content (AvgIpc) is 2.98. The number of methoxy groups -OCH3 is 1. The van der Waals surface area contributed by atoms with Crippen molar-refractivity contribution in [1.29, 1.82) is 5.26 Å². The van der Waals surface area contributed by atoms with Gasteiger partial charge in [0.2, 0.25) is 0 Å². The monoisotopic (exact) mass is 294 g/mol. The van der Waals surface area contributed by atoms with Crippen LogP contribution >= 0.6 is 0 Å². The number of nitriles is 1. The van der Waals surface area contributed by atoms with Crippen LogP contribution in [0.4, 0.5) is 5.69 Å². The fourth-order valence-corrected chi connectivity index (χ4v) is 2.15. The molecule has 7 heteroatoms. The summed E-state index contributed by atoms with van der Waals surface area (Å²) in [6, 6.07) is 7.82. The molecular weight excluding hydrogens is 280 g/mol. The second kappa shape index (κ2) is 6.10. The minimum atomic E-state index is 0.451. The van der Waals surface area contributed by atoms with E-state index in [1.165, 1.54) is 6.33 Å². The van der Waals surface area contributed by atoms with Gasteiger partial charge in [-0.2, -0.15) is 5.26 Å². The molecule has 2 aromatic heterocycles. The van der Waals surface area contributed by atoms with E-state index in [2.05, 4.69) is 31.3 Å². The molecule has 2 heterocycles. The van der Waals surface area contributed by atoms with Crippen LogP contribution in [0.2, 0.25) is 0 Å². The van der Waals surface area contributed by atoms with Gasteiger partial charge in [-0.05, 0) is 12.1 Å². The largest absolute Gasteiger partial charge is 0.496 e. The zero-order valence-corrected chi connectivity index (χ0v) is 12.0. The lowest BCUT2D eigenvalue weighted by molar-refractivity contribution is 0.416. The number of rotatable bonds is 5. The van der Waals surface area contributed by atoms with E-state index in [9.17, 15) is 0 Å². The first-order chi connectivity index (χ1) is 10.8. The first-order valence-electron chi connectivity index (χ1n) is 6.77. The number of fused-ring (bicyclic) bond motifs is 1. The predicted molar refractivity (Wildman–Crippen MR) is 82.4 cm³/mol. The van der Waals surface area contributed by atoms with Gasteiger partial charge in [0.25, 0.3) is 0 Å². The van der Waals surface area contributed by atoms with Gasteiger partial charge in [-0.3, -0.25) is 0 Å². The van der Waals surface area contributed by atoms with Crippen molar-refractivity contribution < 1.29 is 4.74 Å². The summed E-state index contributed by atoms with van der Waals surface area (Å²) in [6.45, 7) is 0.596. The van der Waals surface area contributed by atoms with Crippen molar-refractivity contribution in [3.05, 3.63) is 30.7 Å². The van der Waals surface area contributed by atoms with Gasteiger partial charge in [-0.15, -0.1) is 0 Å². The summed E-state index contributed by atoms with van der Waals surface area (Å²) >= 11 is 0. The van der Waals surface area contributed by atoms with Crippen LogP contribution in [-0.4, -0.2) is 33.6 Å². The van der Waals surface area contributed by atoms with Crippen molar-refractivity contribution >= 4 is 16.9 Å². The number of hydrogen-bond acceptors (Lipinski definition) is 6. The minimum Gasteiger partial charge on any atom is -0.496 e. The molecule has 0 spiro atoms. The molecule has 0 radical (unpaired) electrons. The summed E-state index contributed by atoms with van der Waals surface area (Å²) in [5.74, 6) is 1.37. The van der Waals surface area contributed by atoms with E-state index in [0.717, 1.165) is 16.8 Å². The first-order valence-corrected chi connectivity index (χ1v) is 6.77. The van der Waals surface area contributed by atoms with Crippen LogP contribution in [0.5, 0.6) is 5.75 Å². The fourth-order valence-electron chi connectivity index (χ4n) is 2.15. The summed E-state index contributed by atoms with van der Waals surface area (Å²) in [5, 5.41) is 11.7. The highest BCUT2D eigenvalue weighted by Crippen LogP contribution is 2.31. The van der Waals surface area contributed by atoms with Gasteiger partial charge in [-0.25, -0.2) is 15.0 Å². The SMILES string of the molecule is COc1cc(NCCC#N)ccc1-c1nc2ncncc2[nH]1. The molecule has 7 nitrogen and oxygen atoms in total. The van der Waals surface area contributed by atoms with Crippen molar-refractivity contribution in [1.82, 2.24) is 19.9 Å². The molecule has 3 aromatic rings. The van der Waals surface area contributed by atoms with E-state index >= 15 is 0 Å². The number of hydrogen-bond donors (Lipinski definition) is 2. The molecular formula is C15H14N6O. The lowest BCUT2D eigenvalue weighted by Gasteiger charge is -2.10. The Bertz CT molecular complexity index is 802. The maximum Gasteiger partial charge on any atom is 0.181 e. The summed E-state index contributed by atoms with van der Waals surface area (Å²) < 4.78 is 5.44. The van der Waals surface area contributed by atoms with Crippen LogP contribution in [0.25, 0.3) is 22.6 Å². The molecule has 110 valence electrons. The summed E-state index contributed by atoms with van der Waals surface area (Å²) in [5.41, 5.74) is 3.12. The van der Waals surface area contributed by atoms with Crippen LogP contribution in [-0.2, 0) is 0 Å². The fraction of sp³-hybridized carbons (Fsp3) is 0.200. The van der Waals surface area contributed by atoms with E-state index in [1.54, 1.807) is 13.3 Å². The van der Waals surface area contributed by atoms with Crippen molar-refractivity contribution in [3.8, 4) is 23.2 Å². The van der Waals surface area contributed by atoms with Gasteiger partial charge in [0.15, 0.2) is 5.65 Å². The molecule has 0 aliphatic carbocycles. The smallest absolute Gasteiger partial charge is 0.181 e. The Morgan fingerprint density at radius 3 is 3.09 bits per heavy atom. The van der Waals surface area contributed by atoms with Crippen LogP contribution in [0.3, 0.4) is 0 Å². The highest BCUT2D eigenvalue weighted by molar-refractivity contribution is 5.77. The molecule has 0 unspecified atom stereocenters. The lowest BCUT2D eigenvalue weighted by Crippen LogP contribution is -2.01. The maximum absolute atomic E-state index is 8.57. The number of imidazole rings is 1. The Hall–Kier alpha value is -3.14. The van der Waals surface area contributed by atoms with Crippen molar-refractivity contribution in [2.45, 2.75) is 6.42 Å². The number of ether oxygens (including phenoxy) is 1. The van der Waals surface area contributed by atoms with Crippen molar-refractivity contribution in [2.75, 3.05) is 19.0 Å². The molecule has 2 N–H and O–H groups in total. The number of aromatic nitrogens is 4. The van der Waals surface area contributed by atoms with Crippen molar-refractivity contribution in [2.24, 2.45) is 0 Å². The first kappa shape index (κ1) is 13.8. The Kier molecular flexibility index (Phi) is 3.83. The van der Waals surface area contributed by atoms with E-state index in [1.807, 2.05) is 18.2 Å². The average molecular weight is 294 g/mol. The Labute approximate surface area is 127 Å². The van der Waals surface area contributed by atoms with Crippen molar-refractivity contribution in [3.63, 3.8) is 0 Å². The molecule has 1 aromatic carbocycles. The maximum atomic E-state index is 8.57. The molecule has 22 heavy (non-hydrogen) atoms. The third kappa shape index (κ3) is 2.67. The van der Waals surface area contributed by atoms with Gasteiger partial charge >= 0.3 is 0 Å². The van der Waals surface area contributed by atoms with Gasteiger partial charge in [-0.1, -0.05) is 0 Å². The normalized spacial score (nSPS) is 10.4.